The second kappa shape index (κ2) is 4.49. The van der Waals surface area contributed by atoms with Crippen LogP contribution in [0, 0.1) is 6.92 Å². The molecule has 0 aliphatic rings. The third kappa shape index (κ3) is 2.04. The Morgan fingerprint density at radius 3 is 2.60 bits per heavy atom. The van der Waals surface area contributed by atoms with Gasteiger partial charge in [0.2, 0.25) is 0 Å². The summed E-state index contributed by atoms with van der Waals surface area (Å²) in [5.41, 5.74) is 1.12. The lowest BCUT2D eigenvalue weighted by molar-refractivity contribution is 0.869. The van der Waals surface area contributed by atoms with Crippen LogP contribution < -0.4 is 0 Å². The number of para-hydroxylation sites is 1. The summed E-state index contributed by atoms with van der Waals surface area (Å²) in [6, 6.07) is 10.2. The molecule has 2 aromatic rings. The molecule has 0 N–H and O–H groups in total. The molecule has 0 spiro atoms. The van der Waals surface area contributed by atoms with Crippen LogP contribution in [-0.2, 0) is 0 Å². The third-order valence-corrected chi connectivity index (χ3v) is 2.89. The van der Waals surface area contributed by atoms with Gasteiger partial charge in [-0.1, -0.05) is 36.9 Å². The van der Waals surface area contributed by atoms with Gasteiger partial charge in [-0.05, 0) is 24.8 Å². The largest absolute Gasteiger partial charge is 0.274 e. The maximum Gasteiger partial charge on any atom is 0.195 e. The van der Waals surface area contributed by atoms with Gasteiger partial charge in [0, 0.05) is 5.69 Å². The lowest BCUT2D eigenvalue weighted by atomic mass is 10.3. The van der Waals surface area contributed by atoms with Crippen LogP contribution in [0.3, 0.4) is 0 Å². The summed E-state index contributed by atoms with van der Waals surface area (Å²) in [4.78, 5) is 0. The molecule has 1 aromatic heterocycles. The van der Waals surface area contributed by atoms with E-state index in [9.17, 15) is 0 Å². The first-order chi connectivity index (χ1) is 7.33. The lowest BCUT2D eigenvalue weighted by Gasteiger charge is -2.06. The Balaban J connectivity index is 2.47. The van der Waals surface area contributed by atoms with Crippen molar-refractivity contribution in [1.29, 1.82) is 0 Å². The first-order valence-corrected chi connectivity index (χ1v) is 5.91. The highest BCUT2D eigenvalue weighted by Crippen LogP contribution is 2.20. The summed E-state index contributed by atoms with van der Waals surface area (Å²) in [5, 5.41) is 9.22. The van der Waals surface area contributed by atoms with Crippen molar-refractivity contribution in [3.63, 3.8) is 0 Å². The molecule has 4 heteroatoms. The van der Waals surface area contributed by atoms with Crippen molar-refractivity contribution in [2.75, 3.05) is 5.75 Å². The molecular formula is C11H13N3S. The molecule has 0 saturated carbocycles. The van der Waals surface area contributed by atoms with Crippen LogP contribution in [0.2, 0.25) is 0 Å². The van der Waals surface area contributed by atoms with Crippen molar-refractivity contribution in [2.45, 2.75) is 19.0 Å². The Hall–Kier alpha value is -1.29. The maximum atomic E-state index is 4.16. The summed E-state index contributed by atoms with van der Waals surface area (Å²) in [5.74, 6) is 1.93. The minimum atomic E-state index is 0.928. The van der Waals surface area contributed by atoms with E-state index in [0.29, 0.717) is 0 Å². The van der Waals surface area contributed by atoms with Crippen molar-refractivity contribution in [1.82, 2.24) is 14.8 Å². The Labute approximate surface area is 93.5 Å². The van der Waals surface area contributed by atoms with Crippen LogP contribution in [-0.4, -0.2) is 20.5 Å². The molecule has 0 aliphatic carbocycles. The molecule has 0 aliphatic heterocycles. The van der Waals surface area contributed by atoms with Crippen LogP contribution in [0.4, 0.5) is 0 Å². The SMILES string of the molecule is CCSc1nnc(C)n1-c1ccccc1. The predicted molar refractivity (Wildman–Crippen MR) is 62.5 cm³/mol. The monoisotopic (exact) mass is 219 g/mol. The minimum absolute atomic E-state index is 0.928. The molecule has 1 aromatic carbocycles. The molecule has 15 heavy (non-hydrogen) atoms. The van der Waals surface area contributed by atoms with E-state index in [0.717, 1.165) is 22.4 Å². The van der Waals surface area contributed by atoms with Crippen LogP contribution in [0.25, 0.3) is 5.69 Å². The Morgan fingerprint density at radius 2 is 1.93 bits per heavy atom. The normalized spacial score (nSPS) is 10.5. The highest BCUT2D eigenvalue weighted by Gasteiger charge is 2.09. The van der Waals surface area contributed by atoms with E-state index in [2.05, 4.69) is 33.8 Å². The van der Waals surface area contributed by atoms with Gasteiger partial charge in [-0.15, -0.1) is 10.2 Å². The van der Waals surface area contributed by atoms with Gasteiger partial charge in [-0.2, -0.15) is 0 Å². The quantitative estimate of drug-likeness (QED) is 0.744. The molecule has 0 bridgehead atoms. The smallest absolute Gasteiger partial charge is 0.195 e. The number of nitrogens with zero attached hydrogens (tertiary/aromatic N) is 3. The first-order valence-electron chi connectivity index (χ1n) is 4.93. The van der Waals surface area contributed by atoms with E-state index in [4.69, 9.17) is 0 Å². The van der Waals surface area contributed by atoms with Gasteiger partial charge in [-0.25, -0.2) is 0 Å². The number of benzene rings is 1. The minimum Gasteiger partial charge on any atom is -0.274 e. The zero-order valence-corrected chi connectivity index (χ0v) is 9.66. The second-order valence-corrected chi connectivity index (χ2v) is 4.36. The van der Waals surface area contributed by atoms with Gasteiger partial charge in [0.25, 0.3) is 0 Å². The Morgan fingerprint density at radius 1 is 1.20 bits per heavy atom. The molecule has 0 saturated heterocycles. The molecule has 78 valence electrons. The highest BCUT2D eigenvalue weighted by atomic mass is 32.2. The zero-order chi connectivity index (χ0) is 10.7. The van der Waals surface area contributed by atoms with Crippen molar-refractivity contribution in [3.05, 3.63) is 36.2 Å². The van der Waals surface area contributed by atoms with Gasteiger partial charge in [-0.3, -0.25) is 4.57 Å². The maximum absolute atomic E-state index is 4.16. The van der Waals surface area contributed by atoms with Crippen LogP contribution >= 0.6 is 11.8 Å². The van der Waals surface area contributed by atoms with E-state index in [-0.39, 0.29) is 0 Å². The predicted octanol–water partition coefficient (Wildman–Crippen LogP) is 2.69. The van der Waals surface area contributed by atoms with Gasteiger partial charge >= 0.3 is 0 Å². The number of thioether (sulfide) groups is 1. The fourth-order valence-corrected chi connectivity index (χ4v) is 2.16. The zero-order valence-electron chi connectivity index (χ0n) is 8.84. The average molecular weight is 219 g/mol. The second-order valence-electron chi connectivity index (χ2n) is 3.13. The Bertz CT molecular complexity index is 436. The molecule has 0 atom stereocenters. The van der Waals surface area contributed by atoms with Crippen LogP contribution in [0.5, 0.6) is 0 Å². The summed E-state index contributed by atoms with van der Waals surface area (Å²) < 4.78 is 2.08. The molecule has 1 heterocycles. The number of rotatable bonds is 3. The number of aromatic nitrogens is 3. The molecular weight excluding hydrogens is 206 g/mol. The highest BCUT2D eigenvalue weighted by molar-refractivity contribution is 7.99. The summed E-state index contributed by atoms with van der Waals surface area (Å²) in [6.07, 6.45) is 0. The van der Waals surface area contributed by atoms with Gasteiger partial charge in [0.15, 0.2) is 5.16 Å². The van der Waals surface area contributed by atoms with E-state index < -0.39 is 0 Å². The van der Waals surface area contributed by atoms with Gasteiger partial charge < -0.3 is 0 Å². The van der Waals surface area contributed by atoms with E-state index in [1.807, 2.05) is 25.1 Å². The van der Waals surface area contributed by atoms with E-state index in [1.54, 1.807) is 11.8 Å². The molecule has 2 rings (SSSR count). The fraction of sp³-hybridized carbons (Fsp3) is 0.273. The average Bonchev–Trinajstić information content (AvgIpc) is 2.62. The fourth-order valence-electron chi connectivity index (χ4n) is 1.44. The van der Waals surface area contributed by atoms with Gasteiger partial charge in [0.05, 0.1) is 0 Å². The number of hydrogen-bond donors (Lipinski definition) is 0. The molecule has 0 fully saturated rings. The topological polar surface area (TPSA) is 30.7 Å². The van der Waals surface area contributed by atoms with Crippen LogP contribution in [0.1, 0.15) is 12.7 Å². The summed E-state index contributed by atoms with van der Waals surface area (Å²) in [6.45, 7) is 4.09. The van der Waals surface area contributed by atoms with Crippen molar-refractivity contribution in [2.24, 2.45) is 0 Å². The summed E-state index contributed by atoms with van der Waals surface area (Å²) >= 11 is 1.71. The van der Waals surface area contributed by atoms with Crippen LogP contribution in [0.15, 0.2) is 35.5 Å². The molecule has 0 unspecified atom stereocenters. The standard InChI is InChI=1S/C11H13N3S/c1-3-15-11-13-12-9(2)14(11)10-7-5-4-6-8-10/h4-8H,3H2,1-2H3. The first kappa shape index (κ1) is 10.2. The van der Waals surface area contributed by atoms with Gasteiger partial charge in [0.1, 0.15) is 5.82 Å². The number of aryl methyl sites for hydroxylation is 1. The van der Waals surface area contributed by atoms with Crippen molar-refractivity contribution in [3.8, 4) is 5.69 Å². The molecule has 3 nitrogen and oxygen atoms in total. The molecule has 0 amide bonds. The van der Waals surface area contributed by atoms with E-state index in [1.165, 1.54) is 0 Å². The molecule has 0 radical (unpaired) electrons. The van der Waals surface area contributed by atoms with E-state index >= 15 is 0 Å². The van der Waals surface area contributed by atoms with Crippen molar-refractivity contribution >= 4 is 11.8 Å². The lowest BCUT2D eigenvalue weighted by Crippen LogP contribution is -1.98. The Kier molecular flexibility index (Phi) is 3.06. The third-order valence-electron chi connectivity index (χ3n) is 2.08. The van der Waals surface area contributed by atoms with Crippen molar-refractivity contribution < 1.29 is 0 Å². The summed E-state index contributed by atoms with van der Waals surface area (Å²) in [7, 11) is 0. The number of hydrogen-bond acceptors (Lipinski definition) is 3.